The minimum atomic E-state index is -3.76. The molecule has 2 amide bonds. The van der Waals surface area contributed by atoms with Crippen molar-refractivity contribution in [3.05, 3.63) is 63.6 Å². The number of nitrogens with one attached hydrogen (secondary N) is 1. The number of hydrogen-bond donors (Lipinski definition) is 1. The molecular formula is C25H34BrN3O4S. The summed E-state index contributed by atoms with van der Waals surface area (Å²) in [6.45, 7) is 10.7. The highest BCUT2D eigenvalue weighted by Crippen LogP contribution is 2.24. The van der Waals surface area contributed by atoms with Crippen molar-refractivity contribution in [2.45, 2.75) is 59.7 Å². The summed E-state index contributed by atoms with van der Waals surface area (Å²) in [4.78, 5) is 27.9. The van der Waals surface area contributed by atoms with E-state index in [9.17, 15) is 18.0 Å². The van der Waals surface area contributed by atoms with Gasteiger partial charge in [0.25, 0.3) is 0 Å². The van der Waals surface area contributed by atoms with Crippen molar-refractivity contribution < 1.29 is 18.0 Å². The van der Waals surface area contributed by atoms with Crippen LogP contribution in [0.5, 0.6) is 0 Å². The van der Waals surface area contributed by atoms with Crippen molar-refractivity contribution in [3.63, 3.8) is 0 Å². The molecule has 34 heavy (non-hydrogen) atoms. The second-order valence-corrected chi connectivity index (χ2v) is 12.4. The van der Waals surface area contributed by atoms with Crippen LogP contribution < -0.4 is 9.62 Å². The number of hydrogen-bond acceptors (Lipinski definition) is 4. The van der Waals surface area contributed by atoms with Gasteiger partial charge in [-0.2, -0.15) is 0 Å². The van der Waals surface area contributed by atoms with E-state index in [0.29, 0.717) is 5.69 Å². The van der Waals surface area contributed by atoms with Gasteiger partial charge in [0.2, 0.25) is 21.8 Å². The number of benzene rings is 2. The van der Waals surface area contributed by atoms with Crippen LogP contribution in [0, 0.1) is 13.8 Å². The van der Waals surface area contributed by atoms with Gasteiger partial charge in [-0.3, -0.25) is 13.9 Å². The van der Waals surface area contributed by atoms with Crippen LogP contribution in [0.4, 0.5) is 5.69 Å². The van der Waals surface area contributed by atoms with E-state index >= 15 is 0 Å². The van der Waals surface area contributed by atoms with Gasteiger partial charge in [-0.15, -0.1) is 0 Å². The van der Waals surface area contributed by atoms with Crippen LogP contribution in [-0.4, -0.2) is 49.5 Å². The third-order valence-electron chi connectivity index (χ3n) is 5.23. The number of carbonyl (C=O) groups excluding carboxylic acids is 2. The summed E-state index contributed by atoms with van der Waals surface area (Å²) in [5.74, 6) is -0.778. The first-order chi connectivity index (χ1) is 15.6. The Bertz CT molecular complexity index is 1140. The Morgan fingerprint density at radius 3 is 2.15 bits per heavy atom. The van der Waals surface area contributed by atoms with Gasteiger partial charge in [-0.05, 0) is 70.9 Å². The fourth-order valence-electron chi connectivity index (χ4n) is 3.52. The molecule has 1 N–H and O–H groups in total. The second-order valence-electron chi connectivity index (χ2n) is 9.62. The van der Waals surface area contributed by atoms with Crippen molar-refractivity contribution >= 4 is 43.5 Å². The molecule has 9 heteroatoms. The van der Waals surface area contributed by atoms with E-state index in [1.807, 2.05) is 71.0 Å². The van der Waals surface area contributed by atoms with Crippen molar-refractivity contribution in [2.75, 3.05) is 17.1 Å². The van der Waals surface area contributed by atoms with Crippen LogP contribution in [0.25, 0.3) is 0 Å². The summed E-state index contributed by atoms with van der Waals surface area (Å²) in [6, 6.07) is 12.0. The van der Waals surface area contributed by atoms with E-state index < -0.39 is 34.1 Å². The third-order valence-corrected chi connectivity index (χ3v) is 6.89. The number of nitrogens with zero attached hydrogens (tertiary/aromatic N) is 2. The first-order valence-corrected chi connectivity index (χ1v) is 13.6. The van der Waals surface area contributed by atoms with E-state index in [1.54, 1.807) is 13.0 Å². The van der Waals surface area contributed by atoms with E-state index in [2.05, 4.69) is 21.2 Å². The summed E-state index contributed by atoms with van der Waals surface area (Å²) in [5.41, 5.74) is 2.53. The van der Waals surface area contributed by atoms with Crippen LogP contribution in [-0.2, 0) is 26.2 Å². The number of carbonyl (C=O) groups is 2. The second kappa shape index (κ2) is 10.9. The number of halogens is 1. The molecule has 0 aromatic heterocycles. The first kappa shape index (κ1) is 27.9. The maximum Gasteiger partial charge on any atom is 0.244 e. The number of amides is 2. The molecule has 0 bridgehead atoms. The van der Waals surface area contributed by atoms with Crippen LogP contribution in [0.15, 0.2) is 46.9 Å². The average Bonchev–Trinajstić information content (AvgIpc) is 2.69. The lowest BCUT2D eigenvalue weighted by Gasteiger charge is -2.33. The van der Waals surface area contributed by atoms with Crippen LogP contribution in [0.1, 0.15) is 44.4 Å². The molecule has 0 aliphatic heterocycles. The molecular weight excluding hydrogens is 518 g/mol. The van der Waals surface area contributed by atoms with Gasteiger partial charge in [0.15, 0.2) is 0 Å². The number of anilines is 1. The molecule has 0 aliphatic rings. The van der Waals surface area contributed by atoms with E-state index in [4.69, 9.17) is 0 Å². The smallest absolute Gasteiger partial charge is 0.244 e. The number of rotatable bonds is 8. The molecule has 0 saturated heterocycles. The zero-order valence-corrected chi connectivity index (χ0v) is 23.2. The summed E-state index contributed by atoms with van der Waals surface area (Å²) in [5, 5.41) is 2.91. The fraction of sp³-hybridized carbons (Fsp3) is 0.440. The zero-order valence-electron chi connectivity index (χ0n) is 20.8. The van der Waals surface area contributed by atoms with Crippen LogP contribution in [0.2, 0.25) is 0 Å². The maximum absolute atomic E-state index is 13.6. The predicted molar refractivity (Wildman–Crippen MR) is 140 cm³/mol. The molecule has 0 saturated carbocycles. The predicted octanol–water partition coefficient (Wildman–Crippen LogP) is 4.16. The molecule has 0 spiro atoms. The van der Waals surface area contributed by atoms with Crippen molar-refractivity contribution in [2.24, 2.45) is 0 Å². The Hall–Kier alpha value is -2.39. The van der Waals surface area contributed by atoms with E-state index in [-0.39, 0.29) is 12.5 Å². The topological polar surface area (TPSA) is 86.8 Å². The Morgan fingerprint density at radius 1 is 1.06 bits per heavy atom. The van der Waals surface area contributed by atoms with Gasteiger partial charge in [0, 0.05) is 16.6 Å². The monoisotopic (exact) mass is 551 g/mol. The van der Waals surface area contributed by atoms with Crippen LogP contribution >= 0.6 is 15.9 Å². The summed E-state index contributed by atoms with van der Waals surface area (Å²) >= 11 is 3.40. The Morgan fingerprint density at radius 2 is 1.65 bits per heavy atom. The standard InChI is InChI=1S/C25H34BrN3O4S/c1-17-8-13-22(18(2)14-17)29(34(7,32)33)16-23(30)28(15-20-9-11-21(26)12-10-20)19(3)24(31)27-25(4,5)6/h8-14,19H,15-16H2,1-7H3,(H,27,31)/t19-/m0/s1. The molecule has 0 heterocycles. The number of aryl methyl sites for hydroxylation is 2. The Balaban J connectivity index is 2.43. The lowest BCUT2D eigenvalue weighted by molar-refractivity contribution is -0.140. The Labute approximate surface area is 211 Å². The van der Waals surface area contributed by atoms with Crippen molar-refractivity contribution in [1.29, 1.82) is 0 Å². The summed E-state index contributed by atoms with van der Waals surface area (Å²) < 4.78 is 27.4. The normalized spacial score (nSPS) is 12.7. The van der Waals surface area contributed by atoms with Gasteiger partial charge < -0.3 is 10.2 Å². The molecule has 0 fully saturated rings. The first-order valence-electron chi connectivity index (χ1n) is 11.0. The fourth-order valence-corrected chi connectivity index (χ4v) is 4.69. The molecule has 186 valence electrons. The molecule has 7 nitrogen and oxygen atoms in total. The maximum atomic E-state index is 13.6. The van der Waals surface area contributed by atoms with Crippen LogP contribution in [0.3, 0.4) is 0 Å². The highest BCUT2D eigenvalue weighted by molar-refractivity contribution is 9.10. The van der Waals surface area contributed by atoms with Crippen molar-refractivity contribution in [1.82, 2.24) is 10.2 Å². The highest BCUT2D eigenvalue weighted by atomic mass is 79.9. The van der Waals surface area contributed by atoms with Gasteiger partial charge in [-0.1, -0.05) is 45.8 Å². The Kier molecular flexibility index (Phi) is 8.93. The van der Waals surface area contributed by atoms with Gasteiger partial charge >= 0.3 is 0 Å². The average molecular weight is 553 g/mol. The molecule has 2 rings (SSSR count). The minimum absolute atomic E-state index is 0.162. The molecule has 2 aromatic rings. The number of sulfonamides is 1. The molecule has 1 atom stereocenters. The van der Waals surface area contributed by atoms with Crippen molar-refractivity contribution in [3.8, 4) is 0 Å². The molecule has 0 unspecified atom stereocenters. The quantitative estimate of drug-likeness (QED) is 0.533. The van der Waals surface area contributed by atoms with E-state index in [0.717, 1.165) is 31.7 Å². The highest BCUT2D eigenvalue weighted by Gasteiger charge is 2.31. The van der Waals surface area contributed by atoms with Gasteiger partial charge in [-0.25, -0.2) is 8.42 Å². The van der Waals surface area contributed by atoms with Gasteiger partial charge in [0.1, 0.15) is 12.6 Å². The molecule has 0 aliphatic carbocycles. The summed E-state index contributed by atoms with van der Waals surface area (Å²) in [6.07, 6.45) is 1.08. The lowest BCUT2D eigenvalue weighted by atomic mass is 10.1. The third kappa shape index (κ3) is 7.84. The SMILES string of the molecule is Cc1ccc(N(CC(=O)N(Cc2ccc(Br)cc2)[C@@H](C)C(=O)NC(C)(C)C)S(C)(=O)=O)c(C)c1. The largest absolute Gasteiger partial charge is 0.350 e. The minimum Gasteiger partial charge on any atom is -0.350 e. The zero-order chi connectivity index (χ0) is 25.8. The summed E-state index contributed by atoms with van der Waals surface area (Å²) in [7, 11) is -3.76. The molecule has 2 aromatic carbocycles. The lowest BCUT2D eigenvalue weighted by Crippen LogP contribution is -2.54. The molecule has 0 radical (unpaired) electrons. The van der Waals surface area contributed by atoms with E-state index in [1.165, 1.54) is 4.90 Å². The van der Waals surface area contributed by atoms with Gasteiger partial charge in [0.05, 0.1) is 11.9 Å².